The molecule has 0 fully saturated rings. The van der Waals surface area contributed by atoms with Gasteiger partial charge in [0.1, 0.15) is 23.0 Å². The molecule has 1 aliphatic heterocycles. The summed E-state index contributed by atoms with van der Waals surface area (Å²) in [5.74, 6) is 3.58. The molecule has 4 nitrogen and oxygen atoms in total. The van der Waals surface area contributed by atoms with Gasteiger partial charge < -0.3 is 18.9 Å². The fourth-order valence-electron chi connectivity index (χ4n) is 4.45. The monoisotopic (exact) mass is 664 g/mol. The van der Waals surface area contributed by atoms with Crippen molar-refractivity contribution in [3.05, 3.63) is 72.8 Å². The summed E-state index contributed by atoms with van der Waals surface area (Å²) in [5.41, 5.74) is 0. The SMILES string of the molecule is CCCOc1cc2cc(c1)Sc1cccc(c1OCCC)Sc1cc(OCCC)cc(c1)Sc1cccc(c1OCCC)S2. The van der Waals surface area contributed by atoms with Gasteiger partial charge in [-0.15, -0.1) is 0 Å². The first-order chi connectivity index (χ1) is 21.6. The highest BCUT2D eigenvalue weighted by Crippen LogP contribution is 2.49. The molecule has 0 saturated heterocycles. The van der Waals surface area contributed by atoms with E-state index in [-0.39, 0.29) is 0 Å². The molecule has 0 saturated carbocycles. The number of para-hydroxylation sites is 2. The highest BCUT2D eigenvalue weighted by molar-refractivity contribution is 8.01. The van der Waals surface area contributed by atoms with Gasteiger partial charge in [0.2, 0.25) is 0 Å². The highest BCUT2D eigenvalue weighted by Gasteiger charge is 2.19. The maximum absolute atomic E-state index is 6.45. The van der Waals surface area contributed by atoms with Crippen LogP contribution in [0.3, 0.4) is 0 Å². The number of hydrogen-bond acceptors (Lipinski definition) is 8. The zero-order chi connectivity index (χ0) is 30.7. The molecular weight excluding hydrogens is 625 g/mol. The van der Waals surface area contributed by atoms with Crippen molar-refractivity contribution >= 4 is 47.0 Å². The molecule has 0 aromatic heterocycles. The van der Waals surface area contributed by atoms with Crippen LogP contribution >= 0.6 is 47.0 Å². The van der Waals surface area contributed by atoms with E-state index in [1.54, 1.807) is 47.0 Å². The quantitative estimate of drug-likeness (QED) is 0.130. The van der Waals surface area contributed by atoms with E-state index in [0.717, 1.165) is 87.8 Å². The van der Waals surface area contributed by atoms with Crippen LogP contribution in [0.2, 0.25) is 0 Å². The smallest absolute Gasteiger partial charge is 0.147 e. The van der Waals surface area contributed by atoms with E-state index in [1.165, 1.54) is 0 Å². The van der Waals surface area contributed by atoms with Crippen molar-refractivity contribution < 1.29 is 18.9 Å². The van der Waals surface area contributed by atoms with Crippen LogP contribution < -0.4 is 18.9 Å². The molecule has 0 unspecified atom stereocenters. The van der Waals surface area contributed by atoms with Gasteiger partial charge in [-0.3, -0.25) is 0 Å². The van der Waals surface area contributed by atoms with Crippen LogP contribution in [0, 0.1) is 0 Å². The normalized spacial score (nSPS) is 12.5. The van der Waals surface area contributed by atoms with Crippen LogP contribution in [0.15, 0.2) is 112 Å². The first kappa shape index (κ1) is 32.9. The third kappa shape index (κ3) is 8.81. The lowest BCUT2D eigenvalue weighted by Crippen LogP contribution is -2.00. The third-order valence-corrected chi connectivity index (χ3v) is 10.4. The van der Waals surface area contributed by atoms with E-state index in [4.69, 9.17) is 18.9 Å². The van der Waals surface area contributed by atoms with Crippen molar-refractivity contribution in [2.75, 3.05) is 26.4 Å². The van der Waals surface area contributed by atoms with Gasteiger partial charge >= 0.3 is 0 Å². The predicted octanol–water partition coefficient (Wildman–Crippen LogP) is 11.8. The van der Waals surface area contributed by atoms with E-state index >= 15 is 0 Å². The summed E-state index contributed by atoms with van der Waals surface area (Å²) in [6.45, 7) is 11.2. The fraction of sp³-hybridized carbons (Fsp3) is 0.333. The minimum Gasteiger partial charge on any atom is -0.494 e. The zero-order valence-electron chi connectivity index (χ0n) is 25.9. The zero-order valence-corrected chi connectivity index (χ0v) is 29.1. The minimum absolute atomic E-state index is 0.655. The second-order valence-corrected chi connectivity index (χ2v) is 14.7. The topological polar surface area (TPSA) is 36.9 Å². The first-order valence-corrected chi connectivity index (χ1v) is 18.7. The summed E-state index contributed by atoms with van der Waals surface area (Å²) >= 11 is 6.87. The molecule has 0 aliphatic carbocycles. The molecule has 44 heavy (non-hydrogen) atoms. The minimum atomic E-state index is 0.655. The maximum atomic E-state index is 6.45. The van der Waals surface area contributed by atoms with Crippen molar-refractivity contribution in [2.24, 2.45) is 0 Å². The van der Waals surface area contributed by atoms with Gasteiger partial charge in [0.25, 0.3) is 0 Å². The van der Waals surface area contributed by atoms with Crippen LogP contribution in [0.1, 0.15) is 53.4 Å². The Balaban J connectivity index is 1.68. The van der Waals surface area contributed by atoms with Gasteiger partial charge in [-0.2, -0.15) is 0 Å². The Bertz CT molecular complexity index is 1340. The van der Waals surface area contributed by atoms with E-state index < -0.39 is 0 Å². The molecule has 8 heteroatoms. The summed E-state index contributed by atoms with van der Waals surface area (Å²) in [6.07, 6.45) is 3.78. The van der Waals surface area contributed by atoms with Gasteiger partial charge in [-0.25, -0.2) is 0 Å². The summed E-state index contributed by atoms with van der Waals surface area (Å²) in [5, 5.41) is 0. The summed E-state index contributed by atoms with van der Waals surface area (Å²) < 4.78 is 25.3. The van der Waals surface area contributed by atoms with Crippen molar-refractivity contribution in [3.63, 3.8) is 0 Å². The van der Waals surface area contributed by atoms with Crippen LogP contribution in [-0.4, -0.2) is 26.4 Å². The number of hydrogen-bond donors (Lipinski definition) is 0. The Morgan fingerprint density at radius 2 is 0.705 bits per heavy atom. The van der Waals surface area contributed by atoms with E-state index in [2.05, 4.69) is 100 Å². The molecular formula is C36H40O4S4. The Morgan fingerprint density at radius 3 is 1.00 bits per heavy atom. The Hall–Kier alpha value is -2.52. The van der Waals surface area contributed by atoms with Crippen molar-refractivity contribution in [3.8, 4) is 23.0 Å². The Morgan fingerprint density at radius 1 is 0.409 bits per heavy atom. The lowest BCUT2D eigenvalue weighted by molar-refractivity contribution is 0.302. The van der Waals surface area contributed by atoms with Crippen LogP contribution in [0.25, 0.3) is 0 Å². The number of fused-ring (bicyclic) bond motifs is 8. The third-order valence-electron chi connectivity index (χ3n) is 6.35. The lowest BCUT2D eigenvalue weighted by atomic mass is 10.3. The van der Waals surface area contributed by atoms with E-state index in [1.807, 2.05) is 0 Å². The molecule has 8 bridgehead atoms. The molecule has 5 rings (SSSR count). The fourth-order valence-corrected chi connectivity index (χ4v) is 8.82. The largest absolute Gasteiger partial charge is 0.494 e. The van der Waals surface area contributed by atoms with Gasteiger partial charge in [-0.05, 0) is 86.3 Å². The molecule has 1 heterocycles. The van der Waals surface area contributed by atoms with Gasteiger partial charge in [-0.1, -0.05) is 86.9 Å². The first-order valence-electron chi connectivity index (χ1n) is 15.4. The molecule has 1 aliphatic rings. The van der Waals surface area contributed by atoms with Gasteiger partial charge in [0.05, 0.1) is 46.0 Å². The van der Waals surface area contributed by atoms with E-state index in [9.17, 15) is 0 Å². The molecule has 0 radical (unpaired) electrons. The lowest BCUT2D eigenvalue weighted by Gasteiger charge is -2.19. The highest BCUT2D eigenvalue weighted by atomic mass is 32.2. The average molecular weight is 665 g/mol. The predicted molar refractivity (Wildman–Crippen MR) is 185 cm³/mol. The van der Waals surface area contributed by atoms with Crippen molar-refractivity contribution in [1.29, 1.82) is 0 Å². The number of ether oxygens (including phenoxy) is 4. The Kier molecular flexibility index (Phi) is 12.5. The summed E-state index contributed by atoms with van der Waals surface area (Å²) in [4.78, 5) is 8.77. The second kappa shape index (κ2) is 16.7. The summed E-state index contributed by atoms with van der Waals surface area (Å²) in [7, 11) is 0. The number of rotatable bonds is 12. The van der Waals surface area contributed by atoms with Crippen LogP contribution in [-0.2, 0) is 0 Å². The standard InChI is InChI=1S/C36H40O4S4/c1-5-15-37-25-19-27-23-28(20-25)42-32-12-10-14-34(36(32)40-18-8-4)44-30-22-26(38-16-6-2)21-29(24-30)43-33-13-9-11-31(41-27)35(33)39-17-7-3/h9-14,19-24H,5-8,15-18H2,1-4H3. The van der Waals surface area contributed by atoms with Gasteiger partial charge in [0, 0.05) is 19.6 Å². The second-order valence-electron chi connectivity index (χ2n) is 10.2. The Labute approximate surface area is 279 Å². The number of benzene rings is 4. The van der Waals surface area contributed by atoms with Crippen LogP contribution in [0.4, 0.5) is 0 Å². The molecule has 0 N–H and O–H groups in total. The molecule has 0 amide bonds. The van der Waals surface area contributed by atoms with Crippen molar-refractivity contribution in [2.45, 2.75) is 92.5 Å². The molecule has 0 spiro atoms. The van der Waals surface area contributed by atoms with Gasteiger partial charge in [0.15, 0.2) is 0 Å². The van der Waals surface area contributed by atoms with Crippen molar-refractivity contribution in [1.82, 2.24) is 0 Å². The molecule has 4 aromatic rings. The molecule has 0 atom stereocenters. The average Bonchev–Trinajstić information content (AvgIpc) is 3.02. The van der Waals surface area contributed by atoms with E-state index in [0.29, 0.717) is 26.4 Å². The molecule has 232 valence electrons. The van der Waals surface area contributed by atoms with Crippen LogP contribution in [0.5, 0.6) is 23.0 Å². The molecule has 4 aromatic carbocycles. The maximum Gasteiger partial charge on any atom is 0.147 e. The summed E-state index contributed by atoms with van der Waals surface area (Å²) in [6, 6.07) is 25.9.